The minimum Gasteiger partial charge on any atom is -0.508 e. The zero-order chi connectivity index (χ0) is 12.8. The van der Waals surface area contributed by atoms with Crippen LogP contribution in [0.25, 0.3) is 0 Å². The summed E-state index contributed by atoms with van der Waals surface area (Å²) in [5, 5.41) is 9.34. The predicted molar refractivity (Wildman–Crippen MR) is 70.5 cm³/mol. The third-order valence-electron chi connectivity index (χ3n) is 5.20. The van der Waals surface area contributed by atoms with Crippen molar-refractivity contribution in [3.63, 3.8) is 0 Å². The summed E-state index contributed by atoms with van der Waals surface area (Å²) in [6.45, 7) is 2.17. The molecule has 0 heterocycles. The van der Waals surface area contributed by atoms with Gasteiger partial charge in [0, 0.05) is 11.8 Å². The Bertz CT molecular complexity index is 462. The molecule has 2 aliphatic rings. The summed E-state index contributed by atoms with van der Waals surface area (Å²) < 4.78 is 0. The number of phenols is 1. The second-order valence-corrected chi connectivity index (χ2v) is 6.14. The molecule has 2 heteroatoms. The largest absolute Gasteiger partial charge is 0.508 e. The van der Waals surface area contributed by atoms with Crippen molar-refractivity contribution < 1.29 is 9.90 Å². The number of hydrogen-bond donors (Lipinski definition) is 1. The lowest BCUT2D eigenvalue weighted by Gasteiger charge is -2.39. The third-order valence-corrected chi connectivity index (χ3v) is 5.20. The number of rotatable bonds is 1. The number of phenolic OH excluding ortho intramolecular Hbond substituents is 1. The third kappa shape index (κ3) is 1.75. The van der Waals surface area contributed by atoms with Crippen LogP contribution in [-0.2, 0) is 4.79 Å². The van der Waals surface area contributed by atoms with Gasteiger partial charge in [-0.25, -0.2) is 0 Å². The molecule has 18 heavy (non-hydrogen) atoms. The Morgan fingerprint density at radius 2 is 1.94 bits per heavy atom. The summed E-state index contributed by atoms with van der Waals surface area (Å²) in [6, 6.07) is 7.59. The molecule has 0 spiro atoms. The molecule has 3 rings (SSSR count). The van der Waals surface area contributed by atoms with Crippen molar-refractivity contribution in [1.29, 1.82) is 0 Å². The van der Waals surface area contributed by atoms with E-state index in [2.05, 4.69) is 6.92 Å². The average Bonchev–Trinajstić information content (AvgIpc) is 2.66. The summed E-state index contributed by atoms with van der Waals surface area (Å²) in [7, 11) is 0. The summed E-state index contributed by atoms with van der Waals surface area (Å²) in [6.07, 6.45) is 5.12. The van der Waals surface area contributed by atoms with Crippen LogP contribution in [0, 0.1) is 11.3 Å². The molecule has 2 fully saturated rings. The van der Waals surface area contributed by atoms with E-state index in [0.29, 0.717) is 23.4 Å². The first-order valence-corrected chi connectivity index (χ1v) is 6.92. The van der Waals surface area contributed by atoms with Crippen molar-refractivity contribution in [3.8, 4) is 5.75 Å². The lowest BCUT2D eigenvalue weighted by molar-refractivity contribution is -0.127. The fourth-order valence-corrected chi connectivity index (χ4v) is 3.84. The molecule has 2 nitrogen and oxygen atoms in total. The zero-order valence-electron chi connectivity index (χ0n) is 10.9. The minimum atomic E-state index is -0.0343. The Labute approximate surface area is 108 Å². The Hall–Kier alpha value is -1.31. The first kappa shape index (κ1) is 11.8. The van der Waals surface area contributed by atoms with Gasteiger partial charge in [-0.2, -0.15) is 0 Å². The monoisotopic (exact) mass is 244 g/mol. The van der Waals surface area contributed by atoms with E-state index in [1.165, 1.54) is 5.56 Å². The van der Waals surface area contributed by atoms with Crippen LogP contribution < -0.4 is 0 Å². The molecule has 0 amide bonds. The molecule has 3 atom stereocenters. The summed E-state index contributed by atoms with van der Waals surface area (Å²) in [5.41, 5.74) is 1.28. The van der Waals surface area contributed by atoms with Crippen LogP contribution in [0.4, 0.5) is 0 Å². The molecule has 1 N–H and O–H groups in total. The second-order valence-electron chi connectivity index (χ2n) is 6.14. The topological polar surface area (TPSA) is 37.3 Å². The van der Waals surface area contributed by atoms with Gasteiger partial charge in [0.25, 0.3) is 0 Å². The van der Waals surface area contributed by atoms with Gasteiger partial charge in [0.1, 0.15) is 11.5 Å². The highest BCUT2D eigenvalue weighted by Crippen LogP contribution is 2.53. The smallest absolute Gasteiger partial charge is 0.139 e. The molecule has 0 aliphatic heterocycles. The molecule has 0 radical (unpaired) electrons. The predicted octanol–water partition coefficient (Wildman–Crippen LogP) is 3.65. The molecule has 1 aromatic carbocycles. The van der Waals surface area contributed by atoms with E-state index in [4.69, 9.17) is 0 Å². The zero-order valence-corrected chi connectivity index (χ0v) is 10.9. The van der Waals surface area contributed by atoms with Gasteiger partial charge in [0.05, 0.1) is 0 Å². The van der Waals surface area contributed by atoms with Gasteiger partial charge in [-0.15, -0.1) is 0 Å². The maximum absolute atomic E-state index is 12.0. The number of aromatic hydroxyl groups is 1. The highest BCUT2D eigenvalue weighted by Gasteiger charge is 2.48. The van der Waals surface area contributed by atoms with Crippen molar-refractivity contribution in [3.05, 3.63) is 29.8 Å². The van der Waals surface area contributed by atoms with Gasteiger partial charge in [0.2, 0.25) is 0 Å². The Morgan fingerprint density at radius 1 is 1.22 bits per heavy atom. The number of fused-ring (bicyclic) bond motifs is 1. The summed E-state index contributed by atoms with van der Waals surface area (Å²) in [5.74, 6) is 1.94. The highest BCUT2D eigenvalue weighted by molar-refractivity contribution is 5.87. The van der Waals surface area contributed by atoms with Gasteiger partial charge < -0.3 is 5.11 Å². The van der Waals surface area contributed by atoms with E-state index in [0.717, 1.165) is 32.1 Å². The van der Waals surface area contributed by atoms with Crippen molar-refractivity contribution in [2.45, 2.75) is 44.9 Å². The Kier molecular flexibility index (Phi) is 2.69. The van der Waals surface area contributed by atoms with E-state index in [1.54, 1.807) is 12.1 Å². The molecule has 96 valence electrons. The maximum atomic E-state index is 12.0. The molecule has 0 saturated heterocycles. The van der Waals surface area contributed by atoms with Crippen LogP contribution in [0.3, 0.4) is 0 Å². The van der Waals surface area contributed by atoms with Crippen LogP contribution in [0.15, 0.2) is 24.3 Å². The number of carbonyl (C=O) groups is 1. The van der Waals surface area contributed by atoms with Crippen molar-refractivity contribution >= 4 is 5.78 Å². The number of Topliss-reactive ketones (excluding diaryl/α,β-unsaturated/α-hetero) is 1. The molecule has 2 saturated carbocycles. The molecule has 0 unspecified atom stereocenters. The van der Waals surface area contributed by atoms with Crippen molar-refractivity contribution in [2.24, 2.45) is 11.3 Å². The van der Waals surface area contributed by atoms with E-state index in [9.17, 15) is 9.90 Å². The highest BCUT2D eigenvalue weighted by atomic mass is 16.3. The van der Waals surface area contributed by atoms with Crippen LogP contribution in [-0.4, -0.2) is 10.9 Å². The van der Waals surface area contributed by atoms with Crippen LogP contribution >= 0.6 is 0 Å². The van der Waals surface area contributed by atoms with Gasteiger partial charge in [-0.05, 0) is 55.2 Å². The van der Waals surface area contributed by atoms with Crippen LogP contribution in [0.1, 0.15) is 50.5 Å². The number of carbonyl (C=O) groups excluding carboxylic acids is 1. The number of ketones is 1. The van der Waals surface area contributed by atoms with Gasteiger partial charge >= 0.3 is 0 Å². The quantitative estimate of drug-likeness (QED) is 0.818. The van der Waals surface area contributed by atoms with Crippen molar-refractivity contribution in [1.82, 2.24) is 0 Å². The SMILES string of the molecule is C[C@]12CC[C@H](c3ccc(O)cc3)C[C@H]1CCC2=O. The van der Waals surface area contributed by atoms with E-state index in [1.807, 2.05) is 12.1 Å². The molecule has 2 aliphatic carbocycles. The average molecular weight is 244 g/mol. The Balaban J connectivity index is 1.79. The van der Waals surface area contributed by atoms with Gasteiger partial charge in [-0.3, -0.25) is 4.79 Å². The van der Waals surface area contributed by atoms with Crippen LogP contribution in [0.2, 0.25) is 0 Å². The second kappa shape index (κ2) is 4.11. The van der Waals surface area contributed by atoms with E-state index < -0.39 is 0 Å². The molecular formula is C16H20O2. The maximum Gasteiger partial charge on any atom is 0.139 e. The summed E-state index contributed by atoms with van der Waals surface area (Å²) >= 11 is 0. The normalized spacial score (nSPS) is 35.5. The number of benzene rings is 1. The van der Waals surface area contributed by atoms with E-state index in [-0.39, 0.29) is 5.41 Å². The molecule has 0 bridgehead atoms. The minimum absolute atomic E-state index is 0.0343. The van der Waals surface area contributed by atoms with Gasteiger partial charge in [-0.1, -0.05) is 19.1 Å². The van der Waals surface area contributed by atoms with E-state index >= 15 is 0 Å². The van der Waals surface area contributed by atoms with Crippen LogP contribution in [0.5, 0.6) is 5.75 Å². The molecule has 1 aromatic rings. The fourth-order valence-electron chi connectivity index (χ4n) is 3.84. The lowest BCUT2D eigenvalue weighted by atomic mass is 9.64. The van der Waals surface area contributed by atoms with Crippen molar-refractivity contribution in [2.75, 3.05) is 0 Å². The molecular weight excluding hydrogens is 224 g/mol. The Morgan fingerprint density at radius 3 is 2.67 bits per heavy atom. The standard InChI is InChI=1S/C16H20O2/c1-16-9-8-12(10-13(16)4-7-15(16)18)11-2-5-14(17)6-3-11/h2-3,5-6,12-13,17H,4,7-10H2,1H3/t12-,13+,16-/m0/s1. The molecule has 0 aromatic heterocycles. The first-order chi connectivity index (χ1) is 8.59. The fraction of sp³-hybridized carbons (Fsp3) is 0.562. The first-order valence-electron chi connectivity index (χ1n) is 6.92. The van der Waals surface area contributed by atoms with Gasteiger partial charge in [0.15, 0.2) is 0 Å². The summed E-state index contributed by atoms with van der Waals surface area (Å²) in [4.78, 5) is 12.0. The lowest BCUT2D eigenvalue weighted by Crippen LogP contribution is -2.34. The number of hydrogen-bond acceptors (Lipinski definition) is 2.